The highest BCUT2D eigenvalue weighted by Crippen LogP contribution is 2.32. The van der Waals surface area contributed by atoms with Crippen molar-refractivity contribution in [2.45, 2.75) is 19.3 Å². The van der Waals surface area contributed by atoms with Gasteiger partial charge in [-0.15, -0.1) is 0 Å². The lowest BCUT2D eigenvalue weighted by Gasteiger charge is -2.28. The van der Waals surface area contributed by atoms with E-state index >= 15 is 0 Å². The van der Waals surface area contributed by atoms with Gasteiger partial charge in [0.2, 0.25) is 0 Å². The van der Waals surface area contributed by atoms with Crippen LogP contribution in [0.3, 0.4) is 0 Å². The van der Waals surface area contributed by atoms with Crippen LogP contribution in [0.5, 0.6) is 0 Å². The van der Waals surface area contributed by atoms with Crippen LogP contribution in [0.2, 0.25) is 0 Å². The Labute approximate surface area is 113 Å². The summed E-state index contributed by atoms with van der Waals surface area (Å²) >= 11 is 2.12. The normalized spacial score (nSPS) is 19.5. The van der Waals surface area contributed by atoms with Gasteiger partial charge in [0.05, 0.1) is 11.1 Å². The van der Waals surface area contributed by atoms with Gasteiger partial charge in [0.25, 0.3) is 11.8 Å². The van der Waals surface area contributed by atoms with Crippen LogP contribution in [0.4, 0.5) is 0 Å². The van der Waals surface area contributed by atoms with Crippen LogP contribution in [0, 0.1) is 9.49 Å². The average molecular weight is 341 g/mol. The molecule has 1 fully saturated rings. The van der Waals surface area contributed by atoms with Crippen molar-refractivity contribution >= 4 is 34.4 Å². The van der Waals surface area contributed by atoms with E-state index in [1.165, 1.54) is 11.3 Å². The number of halogens is 1. The van der Waals surface area contributed by atoms with Gasteiger partial charge in [-0.3, -0.25) is 14.5 Å². The van der Waals surface area contributed by atoms with Gasteiger partial charge in [-0.25, -0.2) is 0 Å². The monoisotopic (exact) mass is 341 g/mol. The van der Waals surface area contributed by atoms with Crippen molar-refractivity contribution in [1.82, 2.24) is 4.90 Å². The van der Waals surface area contributed by atoms with E-state index in [9.17, 15) is 9.59 Å². The van der Waals surface area contributed by atoms with Gasteiger partial charge in [0.1, 0.15) is 0 Å². The number of carbonyl (C=O) groups excluding carboxylic acids is 2. The largest absolute Gasteiger partial charge is 0.274 e. The van der Waals surface area contributed by atoms with Gasteiger partial charge in [0.15, 0.2) is 0 Å². The first-order valence-electron chi connectivity index (χ1n) is 5.83. The zero-order chi connectivity index (χ0) is 12.0. The van der Waals surface area contributed by atoms with Crippen molar-refractivity contribution in [2.24, 2.45) is 5.92 Å². The van der Waals surface area contributed by atoms with E-state index in [0.29, 0.717) is 23.6 Å². The summed E-state index contributed by atoms with van der Waals surface area (Å²) in [6, 6.07) is 5.45. The summed E-state index contributed by atoms with van der Waals surface area (Å²) in [4.78, 5) is 25.8. The van der Waals surface area contributed by atoms with Crippen LogP contribution < -0.4 is 0 Å². The summed E-state index contributed by atoms with van der Waals surface area (Å²) in [7, 11) is 0. The van der Waals surface area contributed by atoms with E-state index in [-0.39, 0.29) is 11.8 Å². The van der Waals surface area contributed by atoms with Crippen LogP contribution in [-0.4, -0.2) is 23.3 Å². The molecule has 0 bridgehead atoms. The van der Waals surface area contributed by atoms with Gasteiger partial charge in [0, 0.05) is 10.1 Å². The second kappa shape index (κ2) is 4.08. The molecular formula is C13H12INO2. The molecule has 1 aliphatic heterocycles. The summed E-state index contributed by atoms with van der Waals surface area (Å²) in [5, 5.41) is 0. The van der Waals surface area contributed by atoms with Crippen LogP contribution >= 0.6 is 22.6 Å². The number of carbonyl (C=O) groups is 2. The zero-order valence-corrected chi connectivity index (χ0v) is 11.4. The highest BCUT2D eigenvalue weighted by Gasteiger charge is 2.38. The fraction of sp³-hybridized carbons (Fsp3) is 0.385. The predicted molar refractivity (Wildman–Crippen MR) is 71.9 cm³/mol. The van der Waals surface area contributed by atoms with E-state index < -0.39 is 0 Å². The topological polar surface area (TPSA) is 37.4 Å². The standard InChI is InChI=1S/C13H12INO2/c14-10-6-2-5-9-11(10)13(17)15(12(9)16)7-8-3-1-4-8/h2,5-6,8H,1,3-4,7H2. The fourth-order valence-electron chi connectivity index (χ4n) is 2.39. The third-order valence-electron chi connectivity index (χ3n) is 3.61. The molecule has 0 saturated heterocycles. The Kier molecular flexibility index (Phi) is 2.69. The Morgan fingerprint density at radius 3 is 2.59 bits per heavy atom. The van der Waals surface area contributed by atoms with E-state index in [1.54, 1.807) is 6.07 Å². The van der Waals surface area contributed by atoms with Gasteiger partial charge in [-0.1, -0.05) is 12.5 Å². The van der Waals surface area contributed by atoms with E-state index in [0.717, 1.165) is 16.4 Å². The molecule has 4 heteroatoms. The van der Waals surface area contributed by atoms with E-state index in [1.807, 2.05) is 12.1 Å². The van der Waals surface area contributed by atoms with E-state index in [4.69, 9.17) is 0 Å². The number of imide groups is 1. The second-order valence-electron chi connectivity index (χ2n) is 4.68. The highest BCUT2D eigenvalue weighted by atomic mass is 127. The number of hydrogen-bond acceptors (Lipinski definition) is 2. The number of fused-ring (bicyclic) bond motifs is 1. The van der Waals surface area contributed by atoms with Crippen molar-refractivity contribution in [2.75, 3.05) is 6.54 Å². The lowest BCUT2D eigenvalue weighted by atomic mass is 9.85. The highest BCUT2D eigenvalue weighted by molar-refractivity contribution is 14.1. The van der Waals surface area contributed by atoms with Crippen LogP contribution in [-0.2, 0) is 0 Å². The van der Waals surface area contributed by atoms with E-state index in [2.05, 4.69) is 22.6 Å². The fourth-order valence-corrected chi connectivity index (χ4v) is 3.12. The number of nitrogens with zero attached hydrogens (tertiary/aromatic N) is 1. The Bertz CT molecular complexity index is 508. The summed E-state index contributed by atoms with van der Waals surface area (Å²) in [5.74, 6) is 0.298. The molecule has 1 heterocycles. The van der Waals surface area contributed by atoms with Gasteiger partial charge < -0.3 is 0 Å². The minimum Gasteiger partial charge on any atom is -0.274 e. The quantitative estimate of drug-likeness (QED) is 0.613. The first-order chi connectivity index (χ1) is 8.18. The third kappa shape index (κ3) is 1.69. The molecule has 2 aliphatic rings. The predicted octanol–water partition coefficient (Wildman–Crippen LogP) is 2.69. The lowest BCUT2D eigenvalue weighted by Crippen LogP contribution is -2.36. The van der Waals surface area contributed by atoms with Crippen molar-refractivity contribution in [3.8, 4) is 0 Å². The Morgan fingerprint density at radius 2 is 2.00 bits per heavy atom. The van der Waals surface area contributed by atoms with Gasteiger partial charge >= 0.3 is 0 Å². The minimum atomic E-state index is -0.115. The van der Waals surface area contributed by atoms with Crippen LogP contribution in [0.25, 0.3) is 0 Å². The van der Waals surface area contributed by atoms with Gasteiger partial charge in [-0.05, 0) is 53.5 Å². The summed E-state index contributed by atoms with van der Waals surface area (Å²) in [5.41, 5.74) is 1.17. The van der Waals surface area contributed by atoms with Crippen molar-refractivity contribution in [3.63, 3.8) is 0 Å². The minimum absolute atomic E-state index is 0.109. The maximum atomic E-state index is 12.2. The molecule has 1 aromatic carbocycles. The number of benzene rings is 1. The SMILES string of the molecule is O=C1c2cccc(I)c2C(=O)N1CC1CCC1. The molecule has 3 rings (SSSR count). The Morgan fingerprint density at radius 1 is 1.24 bits per heavy atom. The van der Waals surface area contributed by atoms with Crippen molar-refractivity contribution < 1.29 is 9.59 Å². The molecule has 0 unspecified atom stereocenters. The molecule has 2 amide bonds. The first-order valence-corrected chi connectivity index (χ1v) is 6.91. The van der Waals surface area contributed by atoms with Crippen LogP contribution in [0.1, 0.15) is 40.0 Å². The van der Waals surface area contributed by atoms with Crippen LogP contribution in [0.15, 0.2) is 18.2 Å². The number of hydrogen-bond donors (Lipinski definition) is 0. The first kappa shape index (κ1) is 11.2. The molecule has 0 atom stereocenters. The van der Waals surface area contributed by atoms with Crippen molar-refractivity contribution in [1.29, 1.82) is 0 Å². The average Bonchev–Trinajstić information content (AvgIpc) is 2.48. The second-order valence-corrected chi connectivity index (χ2v) is 5.84. The molecule has 0 spiro atoms. The summed E-state index contributed by atoms with van der Waals surface area (Å²) in [6.07, 6.45) is 3.51. The Balaban J connectivity index is 1.93. The molecule has 1 aromatic rings. The zero-order valence-electron chi connectivity index (χ0n) is 9.28. The van der Waals surface area contributed by atoms with Crippen molar-refractivity contribution in [3.05, 3.63) is 32.9 Å². The maximum absolute atomic E-state index is 12.2. The molecule has 17 heavy (non-hydrogen) atoms. The molecule has 3 nitrogen and oxygen atoms in total. The Hall–Kier alpha value is -0.910. The lowest BCUT2D eigenvalue weighted by molar-refractivity contribution is 0.0601. The molecular weight excluding hydrogens is 329 g/mol. The summed E-state index contributed by atoms with van der Waals surface area (Å²) < 4.78 is 0.870. The molecule has 0 radical (unpaired) electrons. The number of rotatable bonds is 2. The number of amides is 2. The molecule has 1 aliphatic carbocycles. The molecule has 0 N–H and O–H groups in total. The third-order valence-corrected chi connectivity index (χ3v) is 4.51. The van der Waals surface area contributed by atoms with Gasteiger partial charge in [-0.2, -0.15) is 0 Å². The molecule has 1 saturated carbocycles. The summed E-state index contributed by atoms with van der Waals surface area (Å²) in [6.45, 7) is 0.600. The maximum Gasteiger partial charge on any atom is 0.262 e. The molecule has 88 valence electrons. The smallest absolute Gasteiger partial charge is 0.262 e. The molecule has 0 aromatic heterocycles.